The lowest BCUT2D eigenvalue weighted by molar-refractivity contribution is 0.0691. The van der Waals surface area contributed by atoms with Crippen LogP contribution in [0, 0.1) is 0 Å². The van der Waals surface area contributed by atoms with E-state index in [-0.39, 0.29) is 9.75 Å². The van der Waals surface area contributed by atoms with Crippen molar-refractivity contribution in [2.45, 2.75) is 4.90 Å². The Balaban J connectivity index is 2.07. The normalized spacial score (nSPS) is 10.7. The summed E-state index contributed by atoms with van der Waals surface area (Å²) in [6.07, 6.45) is 1.94. The topological polar surface area (TPSA) is 87.5 Å². The van der Waals surface area contributed by atoms with Gasteiger partial charge in [0.2, 0.25) is 0 Å². The highest BCUT2D eigenvalue weighted by molar-refractivity contribution is 7.98. The predicted octanol–water partition coefficient (Wildman–Crippen LogP) is 4.66. The summed E-state index contributed by atoms with van der Waals surface area (Å²) >= 11 is 3.88. The highest BCUT2D eigenvalue weighted by atomic mass is 32.2. The molecule has 2 N–H and O–H groups in total. The molecular formula is C16H11NO4S3. The van der Waals surface area contributed by atoms with E-state index in [0.29, 0.717) is 11.4 Å². The molecule has 3 aromatic heterocycles. The molecule has 5 nitrogen and oxygen atoms in total. The summed E-state index contributed by atoms with van der Waals surface area (Å²) in [5.41, 5.74) is 1.36. The number of hydrogen-bond acceptors (Lipinski definition) is 6. The number of nitrogens with zero attached hydrogens (tertiary/aromatic N) is 1. The molecule has 0 saturated carbocycles. The number of aromatic carboxylic acids is 2. The van der Waals surface area contributed by atoms with Crippen LogP contribution in [0.1, 0.15) is 19.3 Å². The number of pyridine rings is 1. The van der Waals surface area contributed by atoms with Crippen molar-refractivity contribution in [1.29, 1.82) is 0 Å². The molecule has 0 unspecified atom stereocenters. The minimum Gasteiger partial charge on any atom is -0.477 e. The van der Waals surface area contributed by atoms with E-state index in [0.717, 1.165) is 14.6 Å². The van der Waals surface area contributed by atoms with E-state index in [1.54, 1.807) is 36.0 Å². The van der Waals surface area contributed by atoms with E-state index in [9.17, 15) is 9.59 Å². The van der Waals surface area contributed by atoms with Crippen LogP contribution in [0.15, 0.2) is 41.3 Å². The van der Waals surface area contributed by atoms with Gasteiger partial charge < -0.3 is 10.2 Å². The van der Waals surface area contributed by atoms with Crippen LogP contribution in [0.2, 0.25) is 0 Å². The molecule has 0 fully saturated rings. The van der Waals surface area contributed by atoms with Crippen molar-refractivity contribution in [1.82, 2.24) is 4.98 Å². The molecule has 0 bridgehead atoms. The van der Waals surface area contributed by atoms with E-state index < -0.39 is 11.9 Å². The monoisotopic (exact) mass is 377 g/mol. The van der Waals surface area contributed by atoms with Gasteiger partial charge in [0.05, 0.1) is 21.1 Å². The van der Waals surface area contributed by atoms with E-state index in [1.165, 1.54) is 22.7 Å². The fraction of sp³-hybridized carbons (Fsp3) is 0.0625. The fourth-order valence-electron chi connectivity index (χ4n) is 2.06. The molecule has 8 heteroatoms. The molecule has 3 rings (SSSR count). The van der Waals surface area contributed by atoms with E-state index >= 15 is 0 Å². The Labute approximate surface area is 149 Å². The second kappa shape index (κ2) is 6.76. The Morgan fingerprint density at radius 3 is 1.71 bits per heavy atom. The average Bonchev–Trinajstić information content (AvgIpc) is 3.23. The van der Waals surface area contributed by atoms with Crippen LogP contribution < -0.4 is 0 Å². The second-order valence-corrected chi connectivity index (χ2v) is 7.76. The minimum absolute atomic E-state index is 0.257. The number of carboxylic acid groups (broad SMARTS) is 2. The van der Waals surface area contributed by atoms with Crippen molar-refractivity contribution in [2.75, 3.05) is 6.26 Å². The molecule has 0 spiro atoms. The smallest absolute Gasteiger partial charge is 0.345 e. The second-order valence-electron chi connectivity index (χ2n) is 4.72. The molecule has 0 aliphatic carbocycles. The van der Waals surface area contributed by atoms with Crippen LogP contribution in [0.25, 0.3) is 21.1 Å². The fourth-order valence-corrected chi connectivity index (χ4v) is 4.13. The molecular weight excluding hydrogens is 366 g/mol. The molecule has 0 atom stereocenters. The summed E-state index contributed by atoms with van der Waals surface area (Å²) in [6.45, 7) is 0. The van der Waals surface area contributed by atoms with Gasteiger partial charge in [0.15, 0.2) is 0 Å². The molecule has 3 heterocycles. The van der Waals surface area contributed by atoms with Crippen molar-refractivity contribution in [3.05, 3.63) is 46.2 Å². The third kappa shape index (κ3) is 3.35. The predicted molar refractivity (Wildman–Crippen MR) is 96.6 cm³/mol. The number of hydrogen-bond donors (Lipinski definition) is 2. The van der Waals surface area contributed by atoms with Gasteiger partial charge in [0.1, 0.15) is 9.75 Å². The first-order valence-electron chi connectivity index (χ1n) is 6.71. The Kier molecular flexibility index (Phi) is 4.70. The lowest BCUT2D eigenvalue weighted by Crippen LogP contribution is -1.90. The number of carboxylic acids is 2. The molecule has 0 aliphatic heterocycles. The molecule has 3 aromatic rings. The van der Waals surface area contributed by atoms with Crippen molar-refractivity contribution >= 4 is 46.4 Å². The van der Waals surface area contributed by atoms with Gasteiger partial charge in [0, 0.05) is 4.90 Å². The van der Waals surface area contributed by atoms with E-state index in [2.05, 4.69) is 4.98 Å². The maximum absolute atomic E-state index is 11.1. The van der Waals surface area contributed by atoms with Crippen LogP contribution in [0.4, 0.5) is 0 Å². The van der Waals surface area contributed by atoms with Gasteiger partial charge in [-0.05, 0) is 42.7 Å². The van der Waals surface area contributed by atoms with Gasteiger partial charge in [0.25, 0.3) is 0 Å². The van der Waals surface area contributed by atoms with Gasteiger partial charge in [-0.25, -0.2) is 14.6 Å². The Bertz CT molecular complexity index is 859. The van der Waals surface area contributed by atoms with E-state index in [1.807, 2.05) is 18.4 Å². The van der Waals surface area contributed by atoms with Crippen molar-refractivity contribution in [2.24, 2.45) is 0 Å². The van der Waals surface area contributed by atoms with Crippen LogP contribution in [0.5, 0.6) is 0 Å². The van der Waals surface area contributed by atoms with Crippen LogP contribution >= 0.6 is 34.4 Å². The van der Waals surface area contributed by atoms with Gasteiger partial charge in [-0.1, -0.05) is 0 Å². The SMILES string of the molecule is CSc1cc(-c2ccc(C(=O)O)s2)nc(-c2ccc(C(=O)O)s2)c1. The number of thioether (sulfide) groups is 1. The summed E-state index contributed by atoms with van der Waals surface area (Å²) in [5, 5.41) is 18.1. The number of rotatable bonds is 5. The van der Waals surface area contributed by atoms with Crippen molar-refractivity contribution < 1.29 is 19.8 Å². The van der Waals surface area contributed by atoms with Gasteiger partial charge in [-0.2, -0.15) is 0 Å². The number of aromatic nitrogens is 1. The Morgan fingerprint density at radius 2 is 1.38 bits per heavy atom. The average molecular weight is 377 g/mol. The highest BCUT2D eigenvalue weighted by Gasteiger charge is 2.14. The maximum atomic E-state index is 11.1. The summed E-state index contributed by atoms with van der Waals surface area (Å²) < 4.78 is 0. The van der Waals surface area contributed by atoms with Gasteiger partial charge in [-0.15, -0.1) is 34.4 Å². The van der Waals surface area contributed by atoms with Gasteiger partial charge >= 0.3 is 11.9 Å². The number of thiophene rings is 2. The van der Waals surface area contributed by atoms with Crippen molar-refractivity contribution in [3.8, 4) is 21.1 Å². The largest absolute Gasteiger partial charge is 0.477 e. The van der Waals surface area contributed by atoms with Crippen LogP contribution in [0.3, 0.4) is 0 Å². The summed E-state index contributed by atoms with van der Waals surface area (Å²) in [5.74, 6) is -1.92. The third-order valence-corrected chi connectivity index (χ3v) is 6.07. The summed E-state index contributed by atoms with van der Waals surface area (Å²) in [7, 11) is 0. The Morgan fingerprint density at radius 1 is 0.917 bits per heavy atom. The molecule has 0 radical (unpaired) electrons. The first-order chi connectivity index (χ1) is 11.5. The molecule has 0 amide bonds. The highest BCUT2D eigenvalue weighted by Crippen LogP contribution is 2.34. The lowest BCUT2D eigenvalue weighted by Gasteiger charge is -2.05. The molecule has 0 aliphatic rings. The first-order valence-corrected chi connectivity index (χ1v) is 9.57. The molecule has 0 saturated heterocycles. The molecule has 24 heavy (non-hydrogen) atoms. The summed E-state index contributed by atoms with van der Waals surface area (Å²) in [6, 6.07) is 10.4. The van der Waals surface area contributed by atoms with Gasteiger partial charge in [-0.3, -0.25) is 0 Å². The standard InChI is InChI=1S/C16H11NO4S3/c1-22-8-6-9(11-2-4-13(23-11)15(18)19)17-10(7-8)12-3-5-14(24-12)16(20)21/h2-7H,1H3,(H,18,19)(H,20,21). The van der Waals surface area contributed by atoms with E-state index in [4.69, 9.17) is 10.2 Å². The van der Waals surface area contributed by atoms with Crippen molar-refractivity contribution in [3.63, 3.8) is 0 Å². The zero-order chi connectivity index (χ0) is 17.3. The first kappa shape index (κ1) is 16.7. The number of carbonyl (C=O) groups is 2. The minimum atomic E-state index is -0.961. The zero-order valence-corrected chi connectivity index (χ0v) is 14.8. The maximum Gasteiger partial charge on any atom is 0.345 e. The molecule has 0 aromatic carbocycles. The molecule has 122 valence electrons. The zero-order valence-electron chi connectivity index (χ0n) is 12.3. The lowest BCUT2D eigenvalue weighted by atomic mass is 10.2. The van der Waals surface area contributed by atoms with Crippen LogP contribution in [-0.2, 0) is 0 Å². The van der Waals surface area contributed by atoms with Crippen LogP contribution in [-0.4, -0.2) is 33.4 Å². The third-order valence-electron chi connectivity index (χ3n) is 3.17. The summed E-state index contributed by atoms with van der Waals surface area (Å²) in [4.78, 5) is 29.7. The quantitative estimate of drug-likeness (QED) is 0.629. The Hall–Kier alpha value is -2.16.